The van der Waals surface area contributed by atoms with Crippen LogP contribution in [0.4, 0.5) is 15.3 Å². The van der Waals surface area contributed by atoms with Gasteiger partial charge < -0.3 is 5.32 Å². The lowest BCUT2D eigenvalue weighted by Crippen LogP contribution is -2.41. The van der Waals surface area contributed by atoms with Crippen LogP contribution in [-0.4, -0.2) is 36.5 Å². The highest BCUT2D eigenvalue weighted by Gasteiger charge is 2.40. The molecule has 8 heteroatoms. The van der Waals surface area contributed by atoms with Crippen molar-refractivity contribution in [3.8, 4) is 0 Å². The number of nitrogens with one attached hydrogen (secondary N) is 1. The summed E-state index contributed by atoms with van der Waals surface area (Å²) < 4.78 is 0. The summed E-state index contributed by atoms with van der Waals surface area (Å²) >= 11 is 11.6. The largest absolute Gasteiger partial charge is 0.341 e. The van der Waals surface area contributed by atoms with Gasteiger partial charge in [-0.25, -0.2) is 19.4 Å². The summed E-state index contributed by atoms with van der Waals surface area (Å²) in [6.45, 7) is -0.317. The van der Waals surface area contributed by atoms with Crippen molar-refractivity contribution in [1.29, 1.82) is 0 Å². The molecule has 1 aromatic carbocycles. The molecule has 1 aliphatic rings. The van der Waals surface area contributed by atoms with Gasteiger partial charge in [0.1, 0.15) is 6.54 Å². The van der Waals surface area contributed by atoms with Crippen LogP contribution >= 0.6 is 23.2 Å². The van der Waals surface area contributed by atoms with Crippen molar-refractivity contribution in [2.75, 3.05) is 18.5 Å². The van der Waals surface area contributed by atoms with Crippen LogP contribution in [0.25, 0.3) is 0 Å². The molecule has 100 valence electrons. The highest BCUT2D eigenvalue weighted by Crippen LogP contribution is 2.28. The van der Waals surface area contributed by atoms with Crippen LogP contribution in [0.3, 0.4) is 0 Å². The minimum absolute atomic E-state index is 0.235. The van der Waals surface area contributed by atoms with Gasteiger partial charge in [0, 0.05) is 17.1 Å². The monoisotopic (exact) mass is 301 g/mol. The molecule has 1 heterocycles. The second-order valence-electron chi connectivity index (χ2n) is 3.78. The van der Waals surface area contributed by atoms with Crippen LogP contribution in [0.2, 0.25) is 10.0 Å². The summed E-state index contributed by atoms with van der Waals surface area (Å²) in [7, 11) is 1.37. The normalized spacial score (nSPS) is 15.1. The molecule has 1 N–H and O–H groups in total. The fourth-order valence-corrected chi connectivity index (χ4v) is 2.23. The van der Waals surface area contributed by atoms with E-state index in [2.05, 4.69) is 5.32 Å². The van der Waals surface area contributed by atoms with E-state index in [1.807, 2.05) is 0 Å². The number of nitrogens with zero attached hydrogens (tertiary/aromatic N) is 2. The maximum Gasteiger partial charge on any atom is 0.340 e. The molecule has 0 bridgehead atoms. The topological polar surface area (TPSA) is 69.7 Å². The van der Waals surface area contributed by atoms with Crippen molar-refractivity contribution < 1.29 is 14.4 Å². The molecule has 0 spiro atoms. The van der Waals surface area contributed by atoms with Gasteiger partial charge in [0.15, 0.2) is 0 Å². The van der Waals surface area contributed by atoms with Crippen molar-refractivity contribution >= 4 is 46.9 Å². The number of halogens is 2. The third-order valence-corrected chi connectivity index (χ3v) is 2.97. The summed E-state index contributed by atoms with van der Waals surface area (Å²) in [5.41, 5.74) is 0.235. The number of imide groups is 2. The summed E-state index contributed by atoms with van der Waals surface area (Å²) in [5.74, 6) is -0.521. The first-order chi connectivity index (χ1) is 8.93. The molecule has 1 aliphatic heterocycles. The van der Waals surface area contributed by atoms with Gasteiger partial charge in [-0.3, -0.25) is 4.79 Å². The highest BCUT2D eigenvalue weighted by molar-refractivity contribution is 6.35. The molecule has 2 rings (SSSR count). The Bertz CT molecular complexity index is 556. The first-order valence-corrected chi connectivity index (χ1v) is 6.02. The van der Waals surface area contributed by atoms with Gasteiger partial charge in [0.05, 0.1) is 5.69 Å². The molecular formula is C11H9Cl2N3O3. The molecule has 5 amide bonds. The molecule has 19 heavy (non-hydrogen) atoms. The van der Waals surface area contributed by atoms with Crippen molar-refractivity contribution in [2.24, 2.45) is 0 Å². The molecule has 0 unspecified atom stereocenters. The molecular weight excluding hydrogens is 293 g/mol. The molecule has 0 saturated carbocycles. The fourth-order valence-electron chi connectivity index (χ4n) is 1.72. The Labute approximate surface area is 118 Å². The number of carbonyl (C=O) groups excluding carboxylic acids is 3. The molecule has 0 aliphatic carbocycles. The molecule has 6 nitrogen and oxygen atoms in total. The van der Waals surface area contributed by atoms with E-state index in [-0.39, 0.29) is 12.2 Å². The lowest BCUT2D eigenvalue weighted by molar-refractivity contribution is -0.116. The number of benzene rings is 1. The first-order valence-electron chi connectivity index (χ1n) is 5.26. The zero-order valence-corrected chi connectivity index (χ0v) is 11.3. The van der Waals surface area contributed by atoms with Gasteiger partial charge in [-0.1, -0.05) is 23.2 Å². The number of urea groups is 2. The molecule has 0 atom stereocenters. The maximum absolute atomic E-state index is 12.0. The molecule has 1 saturated heterocycles. The molecule has 0 aromatic heterocycles. The lowest BCUT2D eigenvalue weighted by atomic mass is 10.3. The van der Waals surface area contributed by atoms with E-state index in [1.165, 1.54) is 25.2 Å². The average Bonchev–Trinajstić information content (AvgIpc) is 2.62. The second-order valence-corrected chi connectivity index (χ2v) is 4.65. The van der Waals surface area contributed by atoms with Gasteiger partial charge in [0.2, 0.25) is 0 Å². The Balaban J connectivity index is 2.37. The van der Waals surface area contributed by atoms with E-state index in [9.17, 15) is 14.4 Å². The van der Waals surface area contributed by atoms with Crippen LogP contribution in [0.5, 0.6) is 0 Å². The predicted octanol–water partition coefficient (Wildman–Crippen LogP) is 2.10. The van der Waals surface area contributed by atoms with Crippen LogP contribution in [0.1, 0.15) is 0 Å². The zero-order chi connectivity index (χ0) is 14.2. The van der Waals surface area contributed by atoms with Gasteiger partial charge in [-0.2, -0.15) is 0 Å². The minimum atomic E-state index is -0.734. The molecule has 0 radical (unpaired) electrons. The third-order valence-electron chi connectivity index (χ3n) is 2.53. The summed E-state index contributed by atoms with van der Waals surface area (Å²) in [5, 5.41) is 2.87. The Kier molecular flexibility index (Phi) is 3.64. The van der Waals surface area contributed by atoms with Crippen LogP contribution in [-0.2, 0) is 4.79 Å². The van der Waals surface area contributed by atoms with Gasteiger partial charge in [-0.05, 0) is 18.2 Å². The predicted molar refractivity (Wildman–Crippen MR) is 70.5 cm³/mol. The van der Waals surface area contributed by atoms with E-state index in [0.717, 1.165) is 9.80 Å². The molecule has 1 aromatic rings. The van der Waals surface area contributed by atoms with Crippen molar-refractivity contribution in [1.82, 2.24) is 10.2 Å². The van der Waals surface area contributed by atoms with E-state index < -0.39 is 18.0 Å². The number of hydrogen-bond acceptors (Lipinski definition) is 3. The quantitative estimate of drug-likeness (QED) is 0.808. The Morgan fingerprint density at radius 2 is 1.79 bits per heavy atom. The van der Waals surface area contributed by atoms with Crippen molar-refractivity contribution in [3.63, 3.8) is 0 Å². The maximum atomic E-state index is 12.0. The first kappa shape index (κ1) is 13.6. The second kappa shape index (κ2) is 5.07. The average molecular weight is 302 g/mol. The Morgan fingerprint density at radius 3 is 2.32 bits per heavy atom. The van der Waals surface area contributed by atoms with E-state index >= 15 is 0 Å². The lowest BCUT2D eigenvalue weighted by Gasteiger charge is -2.16. The smallest absolute Gasteiger partial charge is 0.340 e. The van der Waals surface area contributed by atoms with Crippen LogP contribution in [0.15, 0.2) is 18.2 Å². The molecule has 1 fully saturated rings. The van der Waals surface area contributed by atoms with Crippen molar-refractivity contribution in [2.45, 2.75) is 0 Å². The Hall–Kier alpha value is -1.79. The third kappa shape index (κ3) is 2.50. The zero-order valence-electron chi connectivity index (χ0n) is 9.81. The number of anilines is 1. The number of rotatable bonds is 1. The standard InChI is InChI=1S/C11H9Cl2N3O3/c1-14-10(18)15-5-9(17)16(11(15)19)8-3-6(12)2-7(13)4-8/h2-4H,5H2,1H3,(H,14,18). The number of hydrogen-bond donors (Lipinski definition) is 1. The van der Waals surface area contributed by atoms with Gasteiger partial charge in [0.25, 0.3) is 5.91 Å². The highest BCUT2D eigenvalue weighted by atomic mass is 35.5. The summed E-state index contributed by atoms with van der Waals surface area (Å²) in [6, 6.07) is 2.96. The number of amides is 5. The van der Waals surface area contributed by atoms with Gasteiger partial charge >= 0.3 is 12.1 Å². The van der Waals surface area contributed by atoms with Crippen LogP contribution in [0, 0.1) is 0 Å². The van der Waals surface area contributed by atoms with Gasteiger partial charge in [-0.15, -0.1) is 0 Å². The fraction of sp³-hybridized carbons (Fsp3) is 0.182. The summed E-state index contributed by atoms with van der Waals surface area (Å²) in [6.07, 6.45) is 0. The van der Waals surface area contributed by atoms with E-state index in [4.69, 9.17) is 23.2 Å². The number of carbonyl (C=O) groups is 3. The van der Waals surface area contributed by atoms with Crippen LogP contribution < -0.4 is 10.2 Å². The van der Waals surface area contributed by atoms with Crippen molar-refractivity contribution in [3.05, 3.63) is 28.2 Å². The SMILES string of the molecule is CNC(=O)N1CC(=O)N(c2cc(Cl)cc(Cl)c2)C1=O. The summed E-state index contributed by atoms with van der Waals surface area (Å²) in [4.78, 5) is 37.0. The van der Waals surface area contributed by atoms with E-state index in [0.29, 0.717) is 10.0 Å². The minimum Gasteiger partial charge on any atom is -0.341 e. The van der Waals surface area contributed by atoms with E-state index in [1.54, 1.807) is 0 Å². The Morgan fingerprint density at radius 1 is 1.21 bits per heavy atom.